The maximum absolute atomic E-state index is 14.0. The van der Waals surface area contributed by atoms with Gasteiger partial charge in [0, 0.05) is 12.6 Å². The van der Waals surface area contributed by atoms with Crippen molar-refractivity contribution in [3.63, 3.8) is 0 Å². The SMILES string of the molecule is CC[C@@H](C)NC(=O)[C@H](C)N(Cc1ccc(C)cc1)C(=O)CN(c1cc(C)cc(C)c1)S(=O)(=O)c1ccc(C)cc1. The largest absolute Gasteiger partial charge is 0.352 e. The van der Waals surface area contributed by atoms with E-state index in [4.69, 9.17) is 0 Å². The summed E-state index contributed by atoms with van der Waals surface area (Å²) in [6, 6.07) is 18.9. The molecule has 1 N–H and O–H groups in total. The summed E-state index contributed by atoms with van der Waals surface area (Å²) in [4.78, 5) is 28.8. The van der Waals surface area contributed by atoms with E-state index in [1.807, 2.05) is 71.9 Å². The van der Waals surface area contributed by atoms with Gasteiger partial charge in [-0.05, 0) is 88.9 Å². The van der Waals surface area contributed by atoms with Crippen LogP contribution in [0.5, 0.6) is 0 Å². The van der Waals surface area contributed by atoms with Gasteiger partial charge in [0.2, 0.25) is 11.8 Å². The molecule has 3 rings (SSSR count). The van der Waals surface area contributed by atoms with Crippen LogP contribution in [0.4, 0.5) is 5.69 Å². The first kappa shape index (κ1) is 30.9. The van der Waals surface area contributed by atoms with Crippen molar-refractivity contribution in [2.45, 2.75) is 78.4 Å². The number of sulfonamides is 1. The zero-order chi connectivity index (χ0) is 29.6. The second kappa shape index (κ2) is 13.1. The number of hydrogen-bond donors (Lipinski definition) is 1. The Morgan fingerprint density at radius 3 is 1.85 bits per heavy atom. The number of aryl methyl sites for hydroxylation is 4. The van der Waals surface area contributed by atoms with Gasteiger partial charge in [0.05, 0.1) is 10.6 Å². The summed E-state index contributed by atoms with van der Waals surface area (Å²) in [5.41, 5.74) is 5.02. The minimum absolute atomic E-state index is 0.0556. The van der Waals surface area contributed by atoms with Crippen LogP contribution in [0.3, 0.4) is 0 Å². The Morgan fingerprint density at radius 2 is 1.32 bits per heavy atom. The number of hydrogen-bond acceptors (Lipinski definition) is 4. The van der Waals surface area contributed by atoms with E-state index in [-0.39, 0.29) is 23.4 Å². The predicted octanol–water partition coefficient (Wildman–Crippen LogP) is 5.45. The summed E-state index contributed by atoms with van der Waals surface area (Å²) in [6.45, 7) is 12.9. The zero-order valence-corrected chi connectivity index (χ0v) is 25.4. The molecule has 0 saturated heterocycles. The first-order valence-corrected chi connectivity index (χ1v) is 15.1. The van der Waals surface area contributed by atoms with E-state index in [0.29, 0.717) is 5.69 Å². The Morgan fingerprint density at radius 1 is 0.800 bits per heavy atom. The lowest BCUT2D eigenvalue weighted by Crippen LogP contribution is -2.52. The highest BCUT2D eigenvalue weighted by Gasteiger charge is 2.33. The molecule has 0 radical (unpaired) electrons. The van der Waals surface area contributed by atoms with Gasteiger partial charge in [0.25, 0.3) is 10.0 Å². The molecule has 0 unspecified atom stereocenters. The van der Waals surface area contributed by atoms with Crippen molar-refractivity contribution >= 4 is 27.5 Å². The number of nitrogens with one attached hydrogen (secondary N) is 1. The van der Waals surface area contributed by atoms with Crippen molar-refractivity contribution in [2.24, 2.45) is 0 Å². The summed E-state index contributed by atoms with van der Waals surface area (Å²) in [6.07, 6.45) is 0.750. The molecule has 0 spiro atoms. The second-order valence-electron chi connectivity index (χ2n) is 10.7. The van der Waals surface area contributed by atoms with Gasteiger partial charge in [-0.1, -0.05) is 60.5 Å². The van der Waals surface area contributed by atoms with Gasteiger partial charge >= 0.3 is 0 Å². The zero-order valence-electron chi connectivity index (χ0n) is 24.6. The van der Waals surface area contributed by atoms with Gasteiger partial charge in [-0.3, -0.25) is 13.9 Å². The molecular formula is C32H41N3O4S. The normalized spacial score (nSPS) is 12.9. The van der Waals surface area contributed by atoms with E-state index >= 15 is 0 Å². The Balaban J connectivity index is 2.05. The third-order valence-electron chi connectivity index (χ3n) is 7.02. The minimum Gasteiger partial charge on any atom is -0.352 e. The molecule has 3 aromatic rings. The van der Waals surface area contributed by atoms with E-state index in [1.54, 1.807) is 43.3 Å². The number of nitrogens with zero attached hydrogens (tertiary/aromatic N) is 2. The van der Waals surface area contributed by atoms with Gasteiger partial charge < -0.3 is 10.2 Å². The lowest BCUT2D eigenvalue weighted by molar-refractivity contribution is -0.139. The fourth-order valence-electron chi connectivity index (χ4n) is 4.40. The van der Waals surface area contributed by atoms with Gasteiger partial charge in [0.1, 0.15) is 12.6 Å². The van der Waals surface area contributed by atoms with Crippen LogP contribution in [0.15, 0.2) is 71.6 Å². The fraction of sp³-hybridized carbons (Fsp3) is 0.375. The molecular weight excluding hydrogens is 522 g/mol. The summed E-state index contributed by atoms with van der Waals surface area (Å²) in [7, 11) is -4.10. The molecule has 40 heavy (non-hydrogen) atoms. The first-order chi connectivity index (χ1) is 18.8. The van der Waals surface area contributed by atoms with Crippen molar-refractivity contribution < 1.29 is 18.0 Å². The quantitative estimate of drug-likeness (QED) is 0.336. The number of anilines is 1. The van der Waals surface area contributed by atoms with E-state index in [9.17, 15) is 18.0 Å². The maximum Gasteiger partial charge on any atom is 0.264 e. The van der Waals surface area contributed by atoms with Crippen LogP contribution in [0.25, 0.3) is 0 Å². The molecule has 0 aliphatic heterocycles. The van der Waals surface area contributed by atoms with E-state index in [0.717, 1.165) is 38.5 Å². The van der Waals surface area contributed by atoms with Crippen molar-refractivity contribution in [1.29, 1.82) is 0 Å². The highest BCUT2D eigenvalue weighted by atomic mass is 32.2. The number of carbonyl (C=O) groups is 2. The van der Waals surface area contributed by atoms with Gasteiger partial charge in [-0.15, -0.1) is 0 Å². The molecule has 7 nitrogen and oxygen atoms in total. The molecule has 3 aromatic carbocycles. The third kappa shape index (κ3) is 7.72. The lowest BCUT2D eigenvalue weighted by atomic mass is 10.1. The second-order valence-corrected chi connectivity index (χ2v) is 12.5. The number of carbonyl (C=O) groups excluding carboxylic acids is 2. The monoisotopic (exact) mass is 563 g/mol. The lowest BCUT2D eigenvalue weighted by Gasteiger charge is -2.32. The number of benzene rings is 3. The third-order valence-corrected chi connectivity index (χ3v) is 8.81. The molecule has 0 fully saturated rings. The van der Waals surface area contributed by atoms with Crippen LogP contribution in [0.1, 0.15) is 55.0 Å². The smallest absolute Gasteiger partial charge is 0.264 e. The van der Waals surface area contributed by atoms with Crippen LogP contribution in [-0.4, -0.2) is 43.8 Å². The van der Waals surface area contributed by atoms with Crippen LogP contribution < -0.4 is 9.62 Å². The van der Waals surface area contributed by atoms with Crippen molar-refractivity contribution in [2.75, 3.05) is 10.8 Å². The summed E-state index contributed by atoms with van der Waals surface area (Å²) < 4.78 is 29.1. The molecule has 0 saturated carbocycles. The van der Waals surface area contributed by atoms with E-state index in [1.165, 1.54) is 4.90 Å². The molecule has 0 bridgehead atoms. The fourth-order valence-corrected chi connectivity index (χ4v) is 5.80. The summed E-state index contributed by atoms with van der Waals surface area (Å²) in [5.74, 6) is -0.753. The molecule has 2 amide bonds. The highest BCUT2D eigenvalue weighted by molar-refractivity contribution is 7.92. The minimum atomic E-state index is -4.10. The summed E-state index contributed by atoms with van der Waals surface area (Å²) >= 11 is 0. The van der Waals surface area contributed by atoms with Crippen LogP contribution in [-0.2, 0) is 26.2 Å². The highest BCUT2D eigenvalue weighted by Crippen LogP contribution is 2.27. The van der Waals surface area contributed by atoms with Gasteiger partial charge in [-0.2, -0.15) is 0 Å². The van der Waals surface area contributed by atoms with Crippen LogP contribution in [0.2, 0.25) is 0 Å². The summed E-state index contributed by atoms with van der Waals surface area (Å²) in [5, 5.41) is 2.96. The Hall–Kier alpha value is -3.65. The van der Waals surface area contributed by atoms with Gasteiger partial charge in [0.15, 0.2) is 0 Å². The molecule has 8 heteroatoms. The molecule has 214 valence electrons. The van der Waals surface area contributed by atoms with Crippen molar-refractivity contribution in [1.82, 2.24) is 10.2 Å². The van der Waals surface area contributed by atoms with E-state index in [2.05, 4.69) is 5.32 Å². The topological polar surface area (TPSA) is 86.8 Å². The average molecular weight is 564 g/mol. The average Bonchev–Trinajstić information content (AvgIpc) is 2.90. The Kier molecular flexibility index (Phi) is 10.1. The van der Waals surface area contributed by atoms with Crippen molar-refractivity contribution in [3.8, 4) is 0 Å². The Labute approximate surface area is 239 Å². The molecule has 0 aromatic heterocycles. The molecule has 0 heterocycles. The molecule has 0 aliphatic rings. The number of amides is 2. The maximum atomic E-state index is 14.0. The van der Waals surface area contributed by atoms with Crippen molar-refractivity contribution in [3.05, 3.63) is 94.5 Å². The molecule has 2 atom stereocenters. The predicted molar refractivity (Wildman–Crippen MR) is 161 cm³/mol. The first-order valence-electron chi connectivity index (χ1n) is 13.6. The number of rotatable bonds is 11. The van der Waals surface area contributed by atoms with Gasteiger partial charge in [-0.25, -0.2) is 8.42 Å². The van der Waals surface area contributed by atoms with Crippen LogP contribution >= 0.6 is 0 Å². The Bertz CT molecular complexity index is 1410. The molecule has 0 aliphatic carbocycles. The van der Waals surface area contributed by atoms with E-state index < -0.39 is 28.5 Å². The standard InChI is InChI=1S/C32H41N3O4S/c1-8-26(6)33-32(37)27(7)34(20-28-13-9-22(2)10-14-28)31(36)21-35(29-18-24(4)17-25(5)19-29)40(38,39)30-15-11-23(3)12-16-30/h9-19,26-27H,8,20-21H2,1-7H3,(H,33,37)/t26-,27+/m1/s1. The van der Waals surface area contributed by atoms with Crippen LogP contribution in [0, 0.1) is 27.7 Å².